The van der Waals surface area contributed by atoms with Gasteiger partial charge in [-0.1, -0.05) is 24.3 Å². The average molecular weight is 372 g/mol. The predicted octanol–water partition coefficient (Wildman–Crippen LogP) is 3.81. The van der Waals surface area contributed by atoms with Gasteiger partial charge in [-0.2, -0.15) is 0 Å². The third kappa shape index (κ3) is 4.60. The van der Waals surface area contributed by atoms with Gasteiger partial charge in [-0.15, -0.1) is 0 Å². The van der Waals surface area contributed by atoms with Crippen molar-refractivity contribution < 1.29 is 9.59 Å². The second-order valence-electron chi connectivity index (χ2n) is 6.71. The fraction of sp³-hybridized carbons (Fsp3) is 0.421. The molecule has 1 aromatic carbocycles. The molecule has 7 heteroatoms. The van der Waals surface area contributed by atoms with Gasteiger partial charge in [0.1, 0.15) is 4.88 Å². The number of rotatable bonds is 7. The van der Waals surface area contributed by atoms with Crippen LogP contribution in [-0.4, -0.2) is 28.9 Å². The van der Waals surface area contributed by atoms with Gasteiger partial charge in [-0.05, 0) is 50.8 Å². The molecule has 1 atom stereocenters. The number of anilines is 2. The van der Waals surface area contributed by atoms with E-state index in [4.69, 9.17) is 0 Å². The Morgan fingerprint density at radius 1 is 1.31 bits per heavy atom. The number of carbonyl (C=O) groups is 2. The van der Waals surface area contributed by atoms with Crippen LogP contribution < -0.4 is 16.0 Å². The van der Waals surface area contributed by atoms with Gasteiger partial charge in [0.05, 0.1) is 6.20 Å². The molecule has 1 aliphatic rings. The highest BCUT2D eigenvalue weighted by Crippen LogP contribution is 2.24. The predicted molar refractivity (Wildman–Crippen MR) is 105 cm³/mol. The lowest BCUT2D eigenvalue weighted by molar-refractivity contribution is 0.0949. The number of benzene rings is 1. The normalized spacial score (nSPS) is 14.6. The SMILES string of the molecule is CCC(C)Nc1ncc(C(=O)Nc2cc(C(=O)NC3CC3)ccc2C)s1. The zero-order chi connectivity index (χ0) is 18.7. The maximum atomic E-state index is 12.5. The van der Waals surface area contributed by atoms with Gasteiger partial charge < -0.3 is 16.0 Å². The first-order valence-corrected chi connectivity index (χ1v) is 9.73. The molecule has 1 aromatic heterocycles. The highest BCUT2D eigenvalue weighted by atomic mass is 32.1. The minimum absolute atomic E-state index is 0.0965. The van der Waals surface area contributed by atoms with E-state index in [1.165, 1.54) is 11.3 Å². The van der Waals surface area contributed by atoms with Crippen LogP contribution in [0.25, 0.3) is 0 Å². The molecule has 0 aliphatic heterocycles. The van der Waals surface area contributed by atoms with Crippen LogP contribution in [0.3, 0.4) is 0 Å². The summed E-state index contributed by atoms with van der Waals surface area (Å²) >= 11 is 1.32. The van der Waals surface area contributed by atoms with Crippen LogP contribution in [-0.2, 0) is 0 Å². The first-order chi connectivity index (χ1) is 12.5. The fourth-order valence-corrected chi connectivity index (χ4v) is 3.16. The summed E-state index contributed by atoms with van der Waals surface area (Å²) in [6.45, 7) is 6.07. The van der Waals surface area contributed by atoms with E-state index in [-0.39, 0.29) is 11.8 Å². The number of hydrogen-bond donors (Lipinski definition) is 3. The molecule has 0 spiro atoms. The second kappa shape index (κ2) is 7.86. The van der Waals surface area contributed by atoms with Crippen molar-refractivity contribution >= 4 is 34.0 Å². The lowest BCUT2D eigenvalue weighted by atomic mass is 10.1. The minimum Gasteiger partial charge on any atom is -0.359 e. The first kappa shape index (κ1) is 18.4. The molecule has 2 amide bonds. The molecule has 1 heterocycles. The largest absolute Gasteiger partial charge is 0.359 e. The van der Waals surface area contributed by atoms with Crippen molar-refractivity contribution in [3.63, 3.8) is 0 Å². The molecular weight excluding hydrogens is 348 g/mol. The first-order valence-electron chi connectivity index (χ1n) is 8.91. The molecule has 1 aliphatic carbocycles. The maximum absolute atomic E-state index is 12.5. The zero-order valence-corrected chi connectivity index (χ0v) is 16.1. The van der Waals surface area contributed by atoms with E-state index in [2.05, 4.69) is 34.8 Å². The van der Waals surface area contributed by atoms with E-state index in [0.717, 1.165) is 30.0 Å². The summed E-state index contributed by atoms with van der Waals surface area (Å²) in [5.74, 6) is -0.316. The molecule has 138 valence electrons. The molecule has 2 aromatic rings. The van der Waals surface area contributed by atoms with E-state index >= 15 is 0 Å². The summed E-state index contributed by atoms with van der Waals surface area (Å²) in [5.41, 5.74) is 2.10. The quantitative estimate of drug-likeness (QED) is 0.690. The fourth-order valence-electron chi connectivity index (χ4n) is 2.34. The molecule has 1 fully saturated rings. The van der Waals surface area contributed by atoms with E-state index in [1.807, 2.05) is 13.0 Å². The van der Waals surface area contributed by atoms with Gasteiger partial charge in [-0.25, -0.2) is 4.98 Å². The highest BCUT2D eigenvalue weighted by molar-refractivity contribution is 7.17. The van der Waals surface area contributed by atoms with Gasteiger partial charge in [0.25, 0.3) is 11.8 Å². The summed E-state index contributed by atoms with van der Waals surface area (Å²) in [6.07, 6.45) is 4.64. The Bertz CT molecular complexity index is 814. The van der Waals surface area contributed by atoms with Crippen molar-refractivity contribution in [1.29, 1.82) is 0 Å². The van der Waals surface area contributed by atoms with Crippen LogP contribution in [0, 0.1) is 6.92 Å². The maximum Gasteiger partial charge on any atom is 0.267 e. The molecule has 26 heavy (non-hydrogen) atoms. The van der Waals surface area contributed by atoms with Gasteiger partial charge in [0, 0.05) is 23.3 Å². The lowest BCUT2D eigenvalue weighted by Gasteiger charge is -2.10. The molecule has 0 saturated heterocycles. The zero-order valence-electron chi connectivity index (χ0n) is 15.3. The van der Waals surface area contributed by atoms with Crippen LogP contribution in [0.15, 0.2) is 24.4 Å². The number of aromatic nitrogens is 1. The Labute approximate surface area is 157 Å². The average Bonchev–Trinajstić information content (AvgIpc) is 3.31. The van der Waals surface area contributed by atoms with Crippen LogP contribution in [0.5, 0.6) is 0 Å². The lowest BCUT2D eigenvalue weighted by Crippen LogP contribution is -2.25. The van der Waals surface area contributed by atoms with Crippen LogP contribution in [0.1, 0.15) is 58.7 Å². The summed E-state index contributed by atoms with van der Waals surface area (Å²) in [6, 6.07) is 5.96. The number of thiazole rings is 1. The third-order valence-electron chi connectivity index (χ3n) is 4.37. The summed E-state index contributed by atoms with van der Waals surface area (Å²) in [4.78, 5) is 29.5. The molecule has 0 radical (unpaired) electrons. The number of nitrogens with zero attached hydrogens (tertiary/aromatic N) is 1. The van der Waals surface area contributed by atoms with Crippen molar-refractivity contribution in [2.24, 2.45) is 0 Å². The summed E-state index contributed by atoms with van der Waals surface area (Å²) in [5, 5.41) is 9.86. The number of amides is 2. The van der Waals surface area contributed by atoms with Crippen LogP contribution in [0.2, 0.25) is 0 Å². The monoisotopic (exact) mass is 372 g/mol. The Balaban J connectivity index is 1.69. The van der Waals surface area contributed by atoms with Crippen LogP contribution in [0.4, 0.5) is 10.8 Å². The van der Waals surface area contributed by atoms with E-state index in [0.29, 0.717) is 28.2 Å². The summed E-state index contributed by atoms with van der Waals surface area (Å²) in [7, 11) is 0. The molecule has 3 N–H and O–H groups in total. The summed E-state index contributed by atoms with van der Waals surface area (Å²) < 4.78 is 0. The highest BCUT2D eigenvalue weighted by Gasteiger charge is 2.24. The molecule has 0 bridgehead atoms. The number of hydrogen-bond acceptors (Lipinski definition) is 5. The minimum atomic E-state index is -0.220. The van der Waals surface area contributed by atoms with E-state index < -0.39 is 0 Å². The number of carbonyl (C=O) groups excluding carboxylic acids is 2. The third-order valence-corrected chi connectivity index (χ3v) is 5.30. The van der Waals surface area contributed by atoms with Crippen molar-refractivity contribution in [2.75, 3.05) is 10.6 Å². The van der Waals surface area contributed by atoms with Gasteiger partial charge in [0.15, 0.2) is 5.13 Å². The number of nitrogens with one attached hydrogen (secondary N) is 3. The Kier molecular flexibility index (Phi) is 5.56. The Morgan fingerprint density at radius 2 is 2.08 bits per heavy atom. The molecule has 3 rings (SSSR count). The smallest absolute Gasteiger partial charge is 0.267 e. The van der Waals surface area contributed by atoms with Crippen molar-refractivity contribution in [3.05, 3.63) is 40.4 Å². The standard InChI is InChI=1S/C19H24N4O2S/c1-4-12(3)21-19-20-10-16(26-19)18(25)23-15-9-13(6-5-11(15)2)17(24)22-14-7-8-14/h5-6,9-10,12,14H,4,7-8H2,1-3H3,(H,20,21)(H,22,24)(H,23,25). The van der Waals surface area contributed by atoms with Gasteiger partial charge >= 0.3 is 0 Å². The Morgan fingerprint density at radius 3 is 2.77 bits per heavy atom. The van der Waals surface area contributed by atoms with Gasteiger partial charge in [-0.3, -0.25) is 9.59 Å². The van der Waals surface area contributed by atoms with Crippen LogP contribution >= 0.6 is 11.3 Å². The molecule has 1 saturated carbocycles. The topological polar surface area (TPSA) is 83.1 Å². The van der Waals surface area contributed by atoms with Gasteiger partial charge in [0.2, 0.25) is 0 Å². The molecular formula is C19H24N4O2S. The molecule has 6 nitrogen and oxygen atoms in total. The van der Waals surface area contributed by atoms with Crippen molar-refractivity contribution in [3.8, 4) is 0 Å². The van der Waals surface area contributed by atoms with E-state index in [9.17, 15) is 9.59 Å². The van der Waals surface area contributed by atoms with Crippen molar-refractivity contribution in [2.45, 2.75) is 52.1 Å². The number of aryl methyl sites for hydroxylation is 1. The van der Waals surface area contributed by atoms with E-state index in [1.54, 1.807) is 18.3 Å². The van der Waals surface area contributed by atoms with Crippen molar-refractivity contribution in [1.82, 2.24) is 10.3 Å². The second-order valence-corrected chi connectivity index (χ2v) is 7.75. The molecule has 1 unspecified atom stereocenters. The Hall–Kier alpha value is -2.41.